The number of fused-ring (bicyclic) bond motifs is 2. The Bertz CT molecular complexity index is 1280. The molecule has 2 heterocycles. The van der Waals surface area contributed by atoms with Crippen molar-refractivity contribution in [1.29, 1.82) is 0 Å². The van der Waals surface area contributed by atoms with Gasteiger partial charge in [0.05, 0.1) is 15.8 Å². The van der Waals surface area contributed by atoms with Gasteiger partial charge in [0.25, 0.3) is 5.91 Å². The summed E-state index contributed by atoms with van der Waals surface area (Å²) in [5.74, 6) is 2.42. The highest BCUT2D eigenvalue weighted by Crippen LogP contribution is 2.40. The van der Waals surface area contributed by atoms with Crippen molar-refractivity contribution in [2.24, 2.45) is 0 Å². The van der Waals surface area contributed by atoms with E-state index in [0.717, 1.165) is 29.9 Å². The molecular weight excluding hydrogens is 462 g/mol. The molecule has 1 aliphatic heterocycles. The molecule has 0 aliphatic carbocycles. The summed E-state index contributed by atoms with van der Waals surface area (Å²) in [5, 5.41) is 0.635. The van der Waals surface area contributed by atoms with E-state index in [-0.39, 0.29) is 12.7 Å². The number of anilines is 1. The van der Waals surface area contributed by atoms with Crippen molar-refractivity contribution in [3.05, 3.63) is 72.3 Å². The maximum atomic E-state index is 14.0. The smallest absolute Gasteiger partial charge is 0.263 e. The number of carbonyl (C=O) groups excluding carboxylic acids is 1. The van der Waals surface area contributed by atoms with Crippen LogP contribution in [0.3, 0.4) is 0 Å². The number of nitrogens with zero attached hydrogens (tertiary/aromatic N) is 3. The van der Waals surface area contributed by atoms with Gasteiger partial charge in [-0.3, -0.25) is 9.69 Å². The van der Waals surface area contributed by atoms with Gasteiger partial charge in [-0.25, -0.2) is 4.98 Å². The molecule has 0 bridgehead atoms. The van der Waals surface area contributed by atoms with Gasteiger partial charge in [-0.1, -0.05) is 55.5 Å². The number of aromatic nitrogens is 1. The van der Waals surface area contributed by atoms with Crippen molar-refractivity contribution >= 4 is 32.6 Å². The van der Waals surface area contributed by atoms with Crippen LogP contribution in [0.2, 0.25) is 0 Å². The molecule has 0 saturated heterocycles. The first kappa shape index (κ1) is 23.1. The van der Waals surface area contributed by atoms with E-state index in [2.05, 4.69) is 18.7 Å². The molecule has 1 aromatic heterocycles. The number of benzene rings is 3. The van der Waals surface area contributed by atoms with E-state index in [1.807, 2.05) is 60.7 Å². The first-order chi connectivity index (χ1) is 17.2. The van der Waals surface area contributed by atoms with Crippen molar-refractivity contribution in [3.63, 3.8) is 0 Å². The minimum absolute atomic E-state index is 0.150. The molecule has 0 saturated carbocycles. The zero-order chi connectivity index (χ0) is 24.2. The fraction of sp³-hybridized carbons (Fsp3) is 0.259. The maximum Gasteiger partial charge on any atom is 0.263 e. The molecule has 3 aromatic carbocycles. The highest BCUT2D eigenvalue weighted by molar-refractivity contribution is 7.22. The SMILES string of the molecule is CCN(CC)CCN(C(=O)c1ccccc1Oc1ccccc1)c1nc2cc3c(cc2s1)OCO3. The monoisotopic (exact) mass is 489 g/mol. The Balaban J connectivity index is 1.50. The summed E-state index contributed by atoms with van der Waals surface area (Å²) < 4.78 is 18.1. The normalized spacial score (nSPS) is 12.3. The van der Waals surface area contributed by atoms with E-state index in [0.29, 0.717) is 40.2 Å². The van der Waals surface area contributed by atoms with E-state index in [1.165, 1.54) is 11.3 Å². The third-order valence-electron chi connectivity index (χ3n) is 5.97. The zero-order valence-corrected chi connectivity index (χ0v) is 20.6. The molecule has 0 atom stereocenters. The van der Waals surface area contributed by atoms with Crippen LogP contribution in [0, 0.1) is 0 Å². The highest BCUT2D eigenvalue weighted by atomic mass is 32.1. The predicted molar refractivity (Wildman–Crippen MR) is 138 cm³/mol. The summed E-state index contributed by atoms with van der Waals surface area (Å²) in [4.78, 5) is 22.8. The molecule has 7 nitrogen and oxygen atoms in total. The number of thiazole rings is 1. The summed E-state index contributed by atoms with van der Waals surface area (Å²) in [7, 11) is 0. The first-order valence-electron chi connectivity index (χ1n) is 11.7. The number of amides is 1. The lowest BCUT2D eigenvalue weighted by Gasteiger charge is -2.25. The number of hydrogen-bond acceptors (Lipinski definition) is 7. The Kier molecular flexibility index (Phi) is 6.83. The average Bonchev–Trinajstić information content (AvgIpc) is 3.51. The summed E-state index contributed by atoms with van der Waals surface area (Å²) >= 11 is 1.47. The number of hydrogen-bond donors (Lipinski definition) is 0. The minimum Gasteiger partial charge on any atom is -0.457 e. The lowest BCUT2D eigenvalue weighted by Crippen LogP contribution is -2.39. The number of likely N-dealkylation sites (N-methyl/N-ethyl adjacent to an activating group) is 1. The van der Waals surface area contributed by atoms with Gasteiger partial charge < -0.3 is 19.1 Å². The average molecular weight is 490 g/mol. The summed E-state index contributed by atoms with van der Waals surface area (Å²) in [6, 6.07) is 20.6. The van der Waals surface area contributed by atoms with Crippen molar-refractivity contribution in [3.8, 4) is 23.0 Å². The van der Waals surface area contributed by atoms with Crippen molar-refractivity contribution in [2.45, 2.75) is 13.8 Å². The molecule has 1 amide bonds. The van der Waals surface area contributed by atoms with Crippen LogP contribution >= 0.6 is 11.3 Å². The molecule has 0 spiro atoms. The number of ether oxygens (including phenoxy) is 3. The molecule has 1 aliphatic rings. The van der Waals surface area contributed by atoms with Crippen molar-refractivity contribution in [1.82, 2.24) is 9.88 Å². The van der Waals surface area contributed by atoms with Crippen LogP contribution in [0.4, 0.5) is 5.13 Å². The lowest BCUT2D eigenvalue weighted by atomic mass is 10.1. The Morgan fingerprint density at radius 1 is 0.971 bits per heavy atom. The fourth-order valence-electron chi connectivity index (χ4n) is 3.98. The second-order valence-electron chi connectivity index (χ2n) is 8.06. The minimum atomic E-state index is -0.150. The van der Waals surface area contributed by atoms with Gasteiger partial charge in [0.2, 0.25) is 6.79 Å². The maximum absolute atomic E-state index is 14.0. The Labute approximate surface area is 208 Å². The third kappa shape index (κ3) is 4.94. The van der Waals surface area contributed by atoms with Gasteiger partial charge in [-0.15, -0.1) is 0 Å². The summed E-state index contributed by atoms with van der Waals surface area (Å²) in [6.45, 7) is 7.52. The van der Waals surface area contributed by atoms with Gasteiger partial charge in [-0.2, -0.15) is 0 Å². The fourth-order valence-corrected chi connectivity index (χ4v) is 4.98. The molecule has 5 rings (SSSR count). The lowest BCUT2D eigenvalue weighted by molar-refractivity contribution is 0.0981. The molecular formula is C27H27N3O4S. The van der Waals surface area contributed by atoms with E-state index in [9.17, 15) is 4.79 Å². The van der Waals surface area contributed by atoms with Crippen LogP contribution in [-0.2, 0) is 0 Å². The molecule has 4 aromatic rings. The van der Waals surface area contributed by atoms with Gasteiger partial charge in [0.15, 0.2) is 16.6 Å². The van der Waals surface area contributed by atoms with E-state index in [4.69, 9.17) is 19.2 Å². The zero-order valence-electron chi connectivity index (χ0n) is 19.8. The van der Waals surface area contributed by atoms with Crippen LogP contribution in [0.1, 0.15) is 24.2 Å². The number of carbonyl (C=O) groups is 1. The largest absolute Gasteiger partial charge is 0.457 e. The van der Waals surface area contributed by atoms with Gasteiger partial charge in [-0.05, 0) is 37.4 Å². The van der Waals surface area contributed by atoms with Crippen LogP contribution in [-0.4, -0.2) is 48.8 Å². The standard InChI is InChI=1S/C27H27N3O4S/c1-3-29(4-2)14-15-30(27-28-21-16-23-24(33-18-32-23)17-25(21)35-27)26(31)20-12-8-9-13-22(20)34-19-10-6-5-7-11-19/h5-13,16-17H,3-4,14-15,18H2,1-2H3. The molecule has 0 N–H and O–H groups in total. The second-order valence-corrected chi connectivity index (χ2v) is 9.07. The third-order valence-corrected chi connectivity index (χ3v) is 7.01. The number of para-hydroxylation sites is 2. The summed E-state index contributed by atoms with van der Waals surface area (Å²) in [6.07, 6.45) is 0. The molecule has 180 valence electrons. The predicted octanol–water partition coefficient (Wildman–Crippen LogP) is 5.81. The van der Waals surface area contributed by atoms with Crippen molar-refractivity contribution in [2.75, 3.05) is 37.9 Å². The van der Waals surface area contributed by atoms with Crippen LogP contribution in [0.25, 0.3) is 10.2 Å². The Morgan fingerprint density at radius 2 is 1.69 bits per heavy atom. The first-order valence-corrected chi connectivity index (χ1v) is 12.5. The van der Waals surface area contributed by atoms with Gasteiger partial charge in [0, 0.05) is 25.2 Å². The molecule has 35 heavy (non-hydrogen) atoms. The highest BCUT2D eigenvalue weighted by Gasteiger charge is 2.26. The van der Waals surface area contributed by atoms with Crippen LogP contribution < -0.4 is 19.1 Å². The molecule has 0 fully saturated rings. The van der Waals surface area contributed by atoms with Crippen LogP contribution in [0.5, 0.6) is 23.0 Å². The van der Waals surface area contributed by atoms with E-state index >= 15 is 0 Å². The van der Waals surface area contributed by atoms with E-state index in [1.54, 1.807) is 11.0 Å². The number of rotatable bonds is 9. The summed E-state index contributed by atoms with van der Waals surface area (Å²) in [5.41, 5.74) is 1.27. The molecule has 8 heteroatoms. The Hall–Kier alpha value is -3.62. The van der Waals surface area contributed by atoms with Gasteiger partial charge in [0.1, 0.15) is 11.5 Å². The quantitative estimate of drug-likeness (QED) is 0.296. The van der Waals surface area contributed by atoms with Gasteiger partial charge >= 0.3 is 0 Å². The Morgan fingerprint density at radius 3 is 2.46 bits per heavy atom. The van der Waals surface area contributed by atoms with E-state index < -0.39 is 0 Å². The molecule has 0 radical (unpaired) electrons. The topological polar surface area (TPSA) is 64.1 Å². The molecule has 0 unspecified atom stereocenters. The van der Waals surface area contributed by atoms with Crippen molar-refractivity contribution < 1.29 is 19.0 Å². The van der Waals surface area contributed by atoms with Crippen LogP contribution in [0.15, 0.2) is 66.7 Å². The second kappa shape index (κ2) is 10.3.